The van der Waals surface area contributed by atoms with E-state index in [-0.39, 0.29) is 67.2 Å². The number of rotatable bonds is 2. The van der Waals surface area contributed by atoms with Crippen molar-refractivity contribution in [1.82, 2.24) is 20.9 Å². The average Bonchev–Trinajstić information content (AvgIpc) is 2.82. The van der Waals surface area contributed by atoms with Crippen LogP contribution < -0.4 is 20.7 Å². The minimum Gasteiger partial charge on any atom is -0.491 e. The monoisotopic (exact) mass is 522 g/mol. The molecular weight excluding hydrogens is 488 g/mol. The maximum absolute atomic E-state index is 13.3. The number of nitrogens with zero attached hydrogens (tertiary/aromatic N) is 1. The van der Waals surface area contributed by atoms with Crippen molar-refractivity contribution in [3.8, 4) is 5.75 Å². The lowest BCUT2D eigenvalue weighted by molar-refractivity contribution is -0.134. The van der Waals surface area contributed by atoms with Crippen LogP contribution in [0.15, 0.2) is 24.3 Å². The van der Waals surface area contributed by atoms with E-state index in [1.54, 1.807) is 31.2 Å². The van der Waals surface area contributed by atoms with Gasteiger partial charge in [0.2, 0.25) is 17.7 Å². The van der Waals surface area contributed by atoms with Crippen molar-refractivity contribution in [2.45, 2.75) is 51.7 Å². The molecule has 1 aromatic rings. The Bertz CT molecular complexity index is 1090. The standard InChI is InChI=1S/C24H34N4O7S/c1-15(2)21-23(31)25-16(3)14-35-19-7-5-4-6-17(19)22(30)26-18(8-9-20(29)27-21)24(32)28-10-12-36(33,34)13-11-28/h4-7,15-16,18,21H,8-14H2,1-3H3,(H,25,31)(H,26,30)(H,27,29)/t16-,18-,21+/m0/s1. The first-order valence-corrected chi connectivity index (χ1v) is 13.9. The molecule has 2 aliphatic heterocycles. The molecule has 4 amide bonds. The number of fused-ring (bicyclic) bond motifs is 1. The molecule has 1 aromatic carbocycles. The summed E-state index contributed by atoms with van der Waals surface area (Å²) in [5.41, 5.74) is 0.203. The molecule has 3 atom stereocenters. The highest BCUT2D eigenvalue weighted by atomic mass is 32.2. The van der Waals surface area contributed by atoms with Crippen molar-refractivity contribution in [2.24, 2.45) is 5.92 Å². The molecule has 36 heavy (non-hydrogen) atoms. The van der Waals surface area contributed by atoms with E-state index in [2.05, 4.69) is 16.0 Å². The number of hydrogen-bond donors (Lipinski definition) is 3. The summed E-state index contributed by atoms with van der Waals surface area (Å²) in [5, 5.41) is 8.27. The lowest BCUT2D eigenvalue weighted by Gasteiger charge is -2.31. The Morgan fingerprint density at radius 1 is 1.06 bits per heavy atom. The van der Waals surface area contributed by atoms with Gasteiger partial charge < -0.3 is 25.6 Å². The first-order chi connectivity index (χ1) is 17.0. The van der Waals surface area contributed by atoms with Gasteiger partial charge in [-0.05, 0) is 31.4 Å². The Morgan fingerprint density at radius 3 is 2.39 bits per heavy atom. The summed E-state index contributed by atoms with van der Waals surface area (Å²) in [6.45, 7) is 5.50. The highest BCUT2D eigenvalue weighted by Crippen LogP contribution is 2.19. The second-order valence-electron chi connectivity index (χ2n) is 9.55. The largest absolute Gasteiger partial charge is 0.491 e. The summed E-state index contributed by atoms with van der Waals surface area (Å²) in [4.78, 5) is 53.4. The minimum absolute atomic E-state index is 0.0207. The lowest BCUT2D eigenvalue weighted by atomic mass is 10.0. The van der Waals surface area contributed by atoms with Gasteiger partial charge in [0.1, 0.15) is 24.4 Å². The van der Waals surface area contributed by atoms with Crippen LogP contribution in [0, 0.1) is 5.92 Å². The quantitative estimate of drug-likeness (QED) is 0.489. The first-order valence-electron chi connectivity index (χ1n) is 12.1. The number of hydrogen-bond acceptors (Lipinski definition) is 7. The van der Waals surface area contributed by atoms with Crippen LogP contribution in [0.1, 0.15) is 44.0 Å². The summed E-state index contributed by atoms with van der Waals surface area (Å²) < 4.78 is 29.4. The van der Waals surface area contributed by atoms with Crippen molar-refractivity contribution in [1.29, 1.82) is 0 Å². The van der Waals surface area contributed by atoms with Gasteiger partial charge in [-0.15, -0.1) is 0 Å². The fourth-order valence-electron chi connectivity index (χ4n) is 4.07. The van der Waals surface area contributed by atoms with Crippen molar-refractivity contribution in [3.05, 3.63) is 29.8 Å². The number of benzene rings is 1. The van der Waals surface area contributed by atoms with Crippen LogP contribution in [0.4, 0.5) is 0 Å². The summed E-state index contributed by atoms with van der Waals surface area (Å²) in [7, 11) is -3.21. The van der Waals surface area contributed by atoms with Crippen LogP contribution >= 0.6 is 0 Å². The van der Waals surface area contributed by atoms with E-state index in [1.165, 1.54) is 4.90 Å². The molecule has 3 N–H and O–H groups in total. The summed E-state index contributed by atoms with van der Waals surface area (Å²) >= 11 is 0. The summed E-state index contributed by atoms with van der Waals surface area (Å²) in [6.07, 6.45) is -0.140. The lowest BCUT2D eigenvalue weighted by Crippen LogP contribution is -2.54. The third kappa shape index (κ3) is 7.19. The molecule has 2 heterocycles. The molecule has 0 radical (unpaired) electrons. The van der Waals surface area contributed by atoms with E-state index in [1.807, 2.05) is 13.8 Å². The fourth-order valence-corrected chi connectivity index (χ4v) is 5.27. The molecule has 2 aliphatic rings. The van der Waals surface area contributed by atoms with Crippen LogP contribution in [0.5, 0.6) is 5.75 Å². The number of nitrogens with one attached hydrogen (secondary N) is 3. The van der Waals surface area contributed by atoms with Crippen molar-refractivity contribution >= 4 is 33.5 Å². The predicted molar refractivity (Wildman–Crippen MR) is 132 cm³/mol. The van der Waals surface area contributed by atoms with Crippen LogP contribution in [0.25, 0.3) is 0 Å². The SMILES string of the molecule is CC(C)[C@H]1NC(=O)CC[C@@H](C(=O)N2CCS(=O)(=O)CC2)NC(=O)c2ccccc2OC[C@H](C)NC1=O. The smallest absolute Gasteiger partial charge is 0.255 e. The molecule has 0 saturated carbocycles. The van der Waals surface area contributed by atoms with Crippen LogP contribution in [0.3, 0.4) is 0 Å². The van der Waals surface area contributed by atoms with Gasteiger partial charge in [-0.3, -0.25) is 19.2 Å². The maximum Gasteiger partial charge on any atom is 0.255 e. The Balaban J connectivity index is 1.88. The second kappa shape index (κ2) is 11.7. The third-order valence-corrected chi connectivity index (χ3v) is 7.80. The first kappa shape index (κ1) is 27.4. The van der Waals surface area contributed by atoms with Gasteiger partial charge in [0, 0.05) is 19.5 Å². The number of para-hydroxylation sites is 1. The molecule has 198 valence electrons. The molecule has 0 aromatic heterocycles. The van der Waals surface area contributed by atoms with Gasteiger partial charge in [-0.25, -0.2) is 8.42 Å². The number of sulfone groups is 1. The molecule has 1 saturated heterocycles. The number of ether oxygens (including phenoxy) is 1. The van der Waals surface area contributed by atoms with Gasteiger partial charge in [-0.1, -0.05) is 26.0 Å². The zero-order chi connectivity index (χ0) is 26.5. The fraction of sp³-hybridized carbons (Fsp3) is 0.583. The molecule has 1 fully saturated rings. The third-order valence-electron chi connectivity index (χ3n) is 6.19. The van der Waals surface area contributed by atoms with E-state index in [4.69, 9.17) is 4.74 Å². The highest BCUT2D eigenvalue weighted by Gasteiger charge is 2.33. The summed E-state index contributed by atoms with van der Waals surface area (Å²) in [5.74, 6) is -2.01. The van der Waals surface area contributed by atoms with Gasteiger partial charge in [-0.2, -0.15) is 0 Å². The summed E-state index contributed by atoms with van der Waals surface area (Å²) in [6, 6.07) is 4.30. The van der Waals surface area contributed by atoms with Crippen molar-refractivity contribution in [2.75, 3.05) is 31.2 Å². The van der Waals surface area contributed by atoms with Gasteiger partial charge in [0.05, 0.1) is 23.1 Å². The zero-order valence-electron chi connectivity index (χ0n) is 20.8. The molecule has 0 unspecified atom stereocenters. The Morgan fingerprint density at radius 2 is 1.72 bits per heavy atom. The number of carbonyl (C=O) groups excluding carboxylic acids is 4. The van der Waals surface area contributed by atoms with E-state index >= 15 is 0 Å². The van der Waals surface area contributed by atoms with E-state index < -0.39 is 45.7 Å². The van der Waals surface area contributed by atoms with Gasteiger partial charge >= 0.3 is 0 Å². The van der Waals surface area contributed by atoms with E-state index in [0.717, 1.165) is 0 Å². The predicted octanol–water partition coefficient (Wildman–Crippen LogP) is -0.140. The average molecular weight is 523 g/mol. The maximum atomic E-state index is 13.3. The Kier molecular flexibility index (Phi) is 8.93. The molecule has 3 rings (SSSR count). The minimum atomic E-state index is -3.21. The van der Waals surface area contributed by atoms with Crippen molar-refractivity contribution < 1.29 is 32.3 Å². The molecule has 11 nitrogen and oxygen atoms in total. The topological polar surface area (TPSA) is 151 Å². The van der Waals surface area contributed by atoms with E-state index in [9.17, 15) is 27.6 Å². The van der Waals surface area contributed by atoms with Crippen LogP contribution in [-0.4, -0.2) is 86.3 Å². The van der Waals surface area contributed by atoms with Crippen molar-refractivity contribution in [3.63, 3.8) is 0 Å². The molecule has 0 aliphatic carbocycles. The van der Waals surface area contributed by atoms with Gasteiger partial charge in [0.15, 0.2) is 9.84 Å². The Labute approximate surface area is 211 Å². The van der Waals surface area contributed by atoms with Crippen LogP contribution in [0.2, 0.25) is 0 Å². The normalized spacial score (nSPS) is 25.8. The number of amides is 4. The van der Waals surface area contributed by atoms with E-state index in [0.29, 0.717) is 0 Å². The Hall–Kier alpha value is -3.15. The zero-order valence-corrected chi connectivity index (χ0v) is 21.6. The van der Waals surface area contributed by atoms with Gasteiger partial charge in [0.25, 0.3) is 5.91 Å². The highest BCUT2D eigenvalue weighted by molar-refractivity contribution is 7.91. The van der Waals surface area contributed by atoms with Crippen LogP contribution in [-0.2, 0) is 24.2 Å². The molecule has 12 heteroatoms. The molecule has 0 spiro atoms. The number of carbonyl (C=O) groups is 4. The molecular formula is C24H34N4O7S. The molecule has 0 bridgehead atoms. The second-order valence-corrected chi connectivity index (χ2v) is 11.9.